The van der Waals surface area contributed by atoms with Gasteiger partial charge >= 0.3 is 0 Å². The van der Waals surface area contributed by atoms with Crippen LogP contribution in [-0.2, 0) is 11.3 Å². The third-order valence-corrected chi connectivity index (χ3v) is 3.33. The van der Waals surface area contributed by atoms with Crippen molar-refractivity contribution in [3.8, 4) is 11.8 Å². The molecule has 0 saturated carbocycles. The van der Waals surface area contributed by atoms with Gasteiger partial charge in [-0.1, -0.05) is 18.2 Å². The highest BCUT2D eigenvalue weighted by Crippen LogP contribution is 2.19. The van der Waals surface area contributed by atoms with Gasteiger partial charge in [0, 0.05) is 11.8 Å². The number of nitrogens with one attached hydrogen (secondary N) is 1. The summed E-state index contributed by atoms with van der Waals surface area (Å²) >= 11 is 0. The molecule has 0 fully saturated rings. The quantitative estimate of drug-likeness (QED) is 0.879. The van der Waals surface area contributed by atoms with Crippen LogP contribution in [0.25, 0.3) is 0 Å². The van der Waals surface area contributed by atoms with Crippen LogP contribution in [0.15, 0.2) is 36.7 Å². The molecule has 5 heteroatoms. The van der Waals surface area contributed by atoms with E-state index < -0.39 is 0 Å². The van der Waals surface area contributed by atoms with Gasteiger partial charge in [-0.3, -0.25) is 4.79 Å². The Labute approximate surface area is 129 Å². The fourth-order valence-corrected chi connectivity index (χ4v) is 2.23. The minimum atomic E-state index is -0.153. The lowest BCUT2D eigenvalue weighted by Gasteiger charge is -2.10. The predicted octanol–water partition coefficient (Wildman–Crippen LogP) is 2.11. The molecule has 0 aliphatic rings. The van der Waals surface area contributed by atoms with Crippen LogP contribution in [0.2, 0.25) is 0 Å². The number of para-hydroxylation sites is 1. The normalized spacial score (nSPS) is 9.91. The minimum Gasteiger partial charge on any atom is -0.491 e. The zero-order chi connectivity index (χ0) is 16.1. The van der Waals surface area contributed by atoms with E-state index in [1.165, 1.54) is 7.11 Å². The number of carbonyl (C=O) groups is 1. The minimum absolute atomic E-state index is 0.111. The molecule has 2 rings (SSSR count). The Hall–Kier alpha value is -2.87. The summed E-state index contributed by atoms with van der Waals surface area (Å²) in [5.41, 5.74) is 3.30. The van der Waals surface area contributed by atoms with Gasteiger partial charge in [-0.05, 0) is 25.0 Å². The number of hydrogen-bond acceptors (Lipinski definition) is 3. The fourth-order valence-electron chi connectivity index (χ4n) is 2.23. The Morgan fingerprint density at radius 2 is 2.00 bits per heavy atom. The first-order valence-corrected chi connectivity index (χ1v) is 6.87. The molecule has 1 aromatic carbocycles. The van der Waals surface area contributed by atoms with Gasteiger partial charge < -0.3 is 10.1 Å². The molecule has 22 heavy (non-hydrogen) atoms. The average Bonchev–Trinajstić information content (AvgIpc) is 2.50. The number of nitrogens with zero attached hydrogens (tertiary/aromatic N) is 2. The average molecular weight is 296 g/mol. The summed E-state index contributed by atoms with van der Waals surface area (Å²) in [6.07, 6.45) is 3.30. The summed E-state index contributed by atoms with van der Waals surface area (Å²) in [6.45, 7) is 4.02. The highest BCUT2D eigenvalue weighted by Gasteiger charge is 2.14. The monoisotopic (exact) mass is 296 g/mol. The Morgan fingerprint density at radius 1 is 1.32 bits per heavy atom. The van der Waals surface area contributed by atoms with Gasteiger partial charge in [-0.25, -0.2) is 0 Å². The Balaban J connectivity index is 2.18. The number of anilines is 1. The van der Waals surface area contributed by atoms with Crippen molar-refractivity contribution in [3.05, 3.63) is 53.3 Å². The summed E-state index contributed by atoms with van der Waals surface area (Å²) in [6, 6.07) is 9.54. The molecular formula is C17H18N3O2+. The number of ether oxygens (including phenoxy) is 1. The maximum atomic E-state index is 12.2. The molecule has 0 radical (unpaired) electrons. The molecule has 1 aromatic heterocycles. The zero-order valence-corrected chi connectivity index (χ0v) is 12.9. The Kier molecular flexibility index (Phi) is 4.74. The van der Waals surface area contributed by atoms with Crippen molar-refractivity contribution >= 4 is 11.6 Å². The fraction of sp³-hybridized carbons (Fsp3) is 0.235. The van der Waals surface area contributed by atoms with Crippen LogP contribution in [-0.4, -0.2) is 13.0 Å². The van der Waals surface area contributed by atoms with E-state index in [-0.39, 0.29) is 12.5 Å². The number of aromatic nitrogens is 1. The molecule has 0 bridgehead atoms. The smallest absolute Gasteiger partial charge is 0.290 e. The molecule has 1 heterocycles. The van der Waals surface area contributed by atoms with Gasteiger partial charge in [-0.2, -0.15) is 9.83 Å². The lowest BCUT2D eigenvalue weighted by molar-refractivity contribution is -0.684. The van der Waals surface area contributed by atoms with Crippen molar-refractivity contribution in [1.29, 1.82) is 5.26 Å². The third kappa shape index (κ3) is 3.61. The third-order valence-electron chi connectivity index (χ3n) is 3.33. The number of hydrogen-bond donors (Lipinski definition) is 1. The first-order valence-electron chi connectivity index (χ1n) is 6.87. The Bertz CT molecular complexity index is 728. The van der Waals surface area contributed by atoms with E-state index in [4.69, 9.17) is 10.00 Å². The van der Waals surface area contributed by atoms with E-state index in [9.17, 15) is 4.79 Å². The maximum absolute atomic E-state index is 12.2. The molecular weight excluding hydrogens is 278 g/mol. The topological polar surface area (TPSA) is 66.0 Å². The van der Waals surface area contributed by atoms with Gasteiger partial charge in [-0.15, -0.1) is 0 Å². The molecule has 0 aliphatic heterocycles. The van der Waals surface area contributed by atoms with E-state index in [1.807, 2.05) is 32.0 Å². The second-order valence-corrected chi connectivity index (χ2v) is 5.06. The van der Waals surface area contributed by atoms with E-state index in [1.54, 1.807) is 23.0 Å². The molecule has 0 aliphatic carbocycles. The molecule has 2 aromatic rings. The molecule has 1 amide bonds. The van der Waals surface area contributed by atoms with Crippen LogP contribution in [0, 0.1) is 25.2 Å². The SMILES string of the molecule is COc1cc(C#N)c[n+](CC(=O)Nc2c(C)cccc2C)c1. The molecule has 5 nitrogen and oxygen atoms in total. The lowest BCUT2D eigenvalue weighted by Crippen LogP contribution is -2.40. The van der Waals surface area contributed by atoms with Gasteiger partial charge in [0.2, 0.25) is 12.7 Å². The molecule has 0 saturated heterocycles. The lowest BCUT2D eigenvalue weighted by atomic mass is 10.1. The van der Waals surface area contributed by atoms with Gasteiger partial charge in [0.25, 0.3) is 5.91 Å². The zero-order valence-electron chi connectivity index (χ0n) is 12.9. The van der Waals surface area contributed by atoms with Crippen molar-refractivity contribution in [2.45, 2.75) is 20.4 Å². The highest BCUT2D eigenvalue weighted by molar-refractivity contribution is 5.91. The summed E-state index contributed by atoms with van der Waals surface area (Å²) in [5, 5.41) is 11.9. The van der Waals surface area contributed by atoms with Crippen LogP contribution < -0.4 is 14.6 Å². The number of benzene rings is 1. The summed E-state index contributed by atoms with van der Waals surface area (Å²) in [5.74, 6) is 0.387. The van der Waals surface area contributed by atoms with E-state index >= 15 is 0 Å². The van der Waals surface area contributed by atoms with Crippen molar-refractivity contribution in [1.82, 2.24) is 0 Å². The number of carbonyl (C=O) groups excluding carboxylic acids is 1. The van der Waals surface area contributed by atoms with Crippen LogP contribution >= 0.6 is 0 Å². The van der Waals surface area contributed by atoms with Crippen molar-refractivity contribution < 1.29 is 14.1 Å². The first kappa shape index (κ1) is 15.5. The van der Waals surface area contributed by atoms with E-state index in [2.05, 4.69) is 11.4 Å². The van der Waals surface area contributed by atoms with Gasteiger partial charge in [0.1, 0.15) is 11.6 Å². The molecule has 112 valence electrons. The molecule has 0 unspecified atom stereocenters. The summed E-state index contributed by atoms with van der Waals surface area (Å²) < 4.78 is 6.77. The van der Waals surface area contributed by atoms with Crippen molar-refractivity contribution in [3.63, 3.8) is 0 Å². The summed E-state index contributed by atoms with van der Waals surface area (Å²) in [4.78, 5) is 12.2. The molecule has 0 spiro atoms. The Morgan fingerprint density at radius 3 is 2.59 bits per heavy atom. The second-order valence-electron chi connectivity index (χ2n) is 5.06. The number of aryl methyl sites for hydroxylation is 2. The number of rotatable bonds is 4. The second kappa shape index (κ2) is 6.72. The number of amides is 1. The standard InChI is InChI=1S/C17H17N3O2/c1-12-5-4-6-13(2)17(12)19-16(21)11-20-9-14(8-18)7-15(10-20)22-3/h4-7,9-10H,11H2,1-3H3/p+1. The number of pyridine rings is 1. The van der Waals surface area contributed by atoms with Crippen LogP contribution in [0.4, 0.5) is 5.69 Å². The maximum Gasteiger partial charge on any atom is 0.290 e. The van der Waals surface area contributed by atoms with Gasteiger partial charge in [0.05, 0.1) is 7.11 Å². The van der Waals surface area contributed by atoms with Crippen LogP contribution in [0.1, 0.15) is 16.7 Å². The molecule has 0 atom stereocenters. The summed E-state index contributed by atoms with van der Waals surface area (Å²) in [7, 11) is 1.53. The van der Waals surface area contributed by atoms with Crippen LogP contribution in [0.3, 0.4) is 0 Å². The van der Waals surface area contributed by atoms with Crippen molar-refractivity contribution in [2.24, 2.45) is 0 Å². The van der Waals surface area contributed by atoms with E-state index in [0.29, 0.717) is 11.3 Å². The first-order chi connectivity index (χ1) is 10.5. The predicted molar refractivity (Wildman–Crippen MR) is 82.4 cm³/mol. The number of nitriles is 1. The van der Waals surface area contributed by atoms with E-state index in [0.717, 1.165) is 16.8 Å². The van der Waals surface area contributed by atoms with Gasteiger partial charge in [0.15, 0.2) is 11.9 Å². The highest BCUT2D eigenvalue weighted by atomic mass is 16.5. The largest absolute Gasteiger partial charge is 0.491 e. The molecule has 1 N–H and O–H groups in total. The number of methoxy groups -OCH3 is 1. The van der Waals surface area contributed by atoms with Crippen molar-refractivity contribution in [2.75, 3.05) is 12.4 Å². The van der Waals surface area contributed by atoms with Crippen LogP contribution in [0.5, 0.6) is 5.75 Å².